The van der Waals surface area contributed by atoms with Gasteiger partial charge in [0.25, 0.3) is 0 Å². The molecule has 2 saturated carbocycles. The first-order valence-corrected chi connectivity index (χ1v) is 7.63. The SMILES string of the molecule is CC(C)(O)[C@@H]1[C@@H]2OC(=O)[C@H]1[C@]1(O)C[C@H]3O[C@]34C(=O)O[C@H]2[C@]14C. The van der Waals surface area contributed by atoms with Crippen LogP contribution in [0.1, 0.15) is 27.2 Å². The molecule has 0 aromatic carbocycles. The molecule has 2 N–H and O–H groups in total. The number of hydrogen-bond acceptors (Lipinski definition) is 7. The van der Waals surface area contributed by atoms with Crippen molar-refractivity contribution in [3.8, 4) is 0 Å². The van der Waals surface area contributed by atoms with E-state index in [1.165, 1.54) is 0 Å². The minimum atomic E-state index is -1.47. The van der Waals surface area contributed by atoms with Gasteiger partial charge in [-0.15, -0.1) is 0 Å². The Labute approximate surface area is 126 Å². The van der Waals surface area contributed by atoms with Gasteiger partial charge in [-0.05, 0) is 20.8 Å². The third kappa shape index (κ3) is 0.962. The van der Waals surface area contributed by atoms with Crippen molar-refractivity contribution in [3.05, 3.63) is 0 Å². The molecule has 1 spiro atoms. The molecule has 5 aliphatic rings. The minimum absolute atomic E-state index is 0.189. The van der Waals surface area contributed by atoms with E-state index in [1.54, 1.807) is 20.8 Å². The van der Waals surface area contributed by atoms with Crippen molar-refractivity contribution in [3.63, 3.8) is 0 Å². The van der Waals surface area contributed by atoms with Crippen LogP contribution in [0.15, 0.2) is 0 Å². The van der Waals surface area contributed by atoms with Crippen molar-refractivity contribution in [2.45, 2.75) is 62.3 Å². The van der Waals surface area contributed by atoms with Crippen LogP contribution < -0.4 is 0 Å². The monoisotopic (exact) mass is 310 g/mol. The van der Waals surface area contributed by atoms with Crippen LogP contribution >= 0.6 is 0 Å². The molecule has 5 rings (SSSR count). The van der Waals surface area contributed by atoms with E-state index in [0.717, 1.165) is 0 Å². The van der Waals surface area contributed by atoms with E-state index in [1.807, 2.05) is 0 Å². The normalized spacial score (nSPS) is 60.7. The Morgan fingerprint density at radius 3 is 2.59 bits per heavy atom. The molecule has 22 heavy (non-hydrogen) atoms. The summed E-state index contributed by atoms with van der Waals surface area (Å²) in [7, 11) is 0. The fourth-order valence-corrected chi connectivity index (χ4v) is 5.83. The Hall–Kier alpha value is -1.18. The predicted molar refractivity (Wildman–Crippen MR) is 68.3 cm³/mol. The van der Waals surface area contributed by atoms with Gasteiger partial charge in [0, 0.05) is 12.3 Å². The quantitative estimate of drug-likeness (QED) is 0.479. The van der Waals surface area contributed by atoms with E-state index in [-0.39, 0.29) is 6.42 Å². The zero-order valence-electron chi connectivity index (χ0n) is 12.5. The highest BCUT2D eigenvalue weighted by molar-refractivity contribution is 5.91. The van der Waals surface area contributed by atoms with Gasteiger partial charge in [0.05, 0.1) is 22.5 Å². The minimum Gasteiger partial charge on any atom is -0.458 e. The molecule has 7 nitrogen and oxygen atoms in total. The molecular weight excluding hydrogens is 292 g/mol. The van der Waals surface area contributed by atoms with Crippen molar-refractivity contribution in [2.75, 3.05) is 0 Å². The highest BCUT2D eigenvalue weighted by Crippen LogP contribution is 2.77. The molecular formula is C15H18O7. The second-order valence-electron chi connectivity index (χ2n) is 8.06. The topological polar surface area (TPSA) is 106 Å². The summed E-state index contributed by atoms with van der Waals surface area (Å²) in [4.78, 5) is 24.8. The second kappa shape index (κ2) is 3.07. The van der Waals surface area contributed by atoms with Gasteiger partial charge in [-0.3, -0.25) is 4.79 Å². The van der Waals surface area contributed by atoms with Crippen molar-refractivity contribution >= 4 is 11.9 Å². The lowest BCUT2D eigenvalue weighted by Gasteiger charge is -2.53. The van der Waals surface area contributed by atoms with E-state index < -0.39 is 64.3 Å². The van der Waals surface area contributed by atoms with Crippen LogP contribution in [0.25, 0.3) is 0 Å². The smallest absolute Gasteiger partial charge is 0.342 e. The molecule has 3 aliphatic heterocycles. The molecule has 0 radical (unpaired) electrons. The average Bonchev–Trinajstić information content (AvgIpc) is 2.85. The predicted octanol–water partition coefficient (Wildman–Crippen LogP) is -0.867. The Bertz CT molecular complexity index is 638. The van der Waals surface area contributed by atoms with Crippen molar-refractivity contribution in [2.24, 2.45) is 17.3 Å². The zero-order chi connectivity index (χ0) is 15.9. The van der Waals surface area contributed by atoms with E-state index in [9.17, 15) is 19.8 Å². The maximum absolute atomic E-state index is 12.4. The Morgan fingerprint density at radius 1 is 1.27 bits per heavy atom. The number of fused-ring (bicyclic) bond motifs is 4. The third-order valence-electron chi connectivity index (χ3n) is 6.85. The standard InChI is InChI=1S/C15H18O7/c1-12(2,18)6-7-10(16)20-8(6)9-13(3)14(7,19)4-5-15(13,22-5)11(17)21-9/h5-9,18-19H,4H2,1-3H3/t5-,6+,7+,8+,9-,13-,14-,15+/m1/s1. The number of hydrogen-bond donors (Lipinski definition) is 2. The summed E-state index contributed by atoms with van der Waals surface area (Å²) >= 11 is 0. The molecule has 2 bridgehead atoms. The number of esters is 2. The number of ether oxygens (including phenoxy) is 3. The second-order valence-corrected chi connectivity index (χ2v) is 8.06. The maximum atomic E-state index is 12.4. The van der Waals surface area contributed by atoms with Crippen molar-refractivity contribution in [1.29, 1.82) is 0 Å². The number of aliphatic hydroxyl groups is 2. The summed E-state index contributed by atoms with van der Waals surface area (Å²) in [6.45, 7) is 4.92. The summed E-state index contributed by atoms with van der Waals surface area (Å²) in [5.74, 6) is -2.51. The van der Waals surface area contributed by atoms with Crippen LogP contribution in [-0.2, 0) is 23.8 Å². The summed E-state index contributed by atoms with van der Waals surface area (Å²) < 4.78 is 16.5. The molecule has 0 aromatic heterocycles. The number of rotatable bonds is 1. The lowest BCUT2D eigenvalue weighted by atomic mass is 9.52. The Morgan fingerprint density at radius 2 is 1.95 bits per heavy atom. The first kappa shape index (κ1) is 13.3. The molecule has 3 heterocycles. The van der Waals surface area contributed by atoms with Crippen LogP contribution in [0.2, 0.25) is 0 Å². The molecule has 2 aliphatic carbocycles. The first-order chi connectivity index (χ1) is 10.1. The van der Waals surface area contributed by atoms with E-state index in [2.05, 4.69) is 0 Å². The summed E-state index contributed by atoms with van der Waals surface area (Å²) in [6, 6.07) is 0. The molecule has 8 atom stereocenters. The van der Waals surface area contributed by atoms with Crippen LogP contribution in [-0.4, -0.2) is 57.3 Å². The van der Waals surface area contributed by atoms with Crippen molar-refractivity contribution < 1.29 is 34.0 Å². The lowest BCUT2D eigenvalue weighted by molar-refractivity contribution is -0.223. The van der Waals surface area contributed by atoms with Gasteiger partial charge in [-0.1, -0.05) is 0 Å². The Balaban J connectivity index is 1.76. The van der Waals surface area contributed by atoms with Gasteiger partial charge in [-0.25, -0.2) is 4.79 Å². The summed E-state index contributed by atoms with van der Waals surface area (Å²) in [5, 5.41) is 21.9. The van der Waals surface area contributed by atoms with Crippen LogP contribution in [0.3, 0.4) is 0 Å². The van der Waals surface area contributed by atoms with Crippen molar-refractivity contribution in [1.82, 2.24) is 0 Å². The van der Waals surface area contributed by atoms with E-state index in [4.69, 9.17) is 14.2 Å². The molecule has 0 aromatic rings. The molecule has 0 unspecified atom stereocenters. The van der Waals surface area contributed by atoms with Gasteiger partial charge in [-0.2, -0.15) is 0 Å². The number of epoxide rings is 1. The lowest BCUT2D eigenvalue weighted by Crippen LogP contribution is -2.68. The summed E-state index contributed by atoms with van der Waals surface area (Å²) in [5.41, 5.74) is -4.89. The van der Waals surface area contributed by atoms with Crippen LogP contribution in [0, 0.1) is 17.3 Å². The molecule has 120 valence electrons. The van der Waals surface area contributed by atoms with E-state index >= 15 is 0 Å². The van der Waals surface area contributed by atoms with Gasteiger partial charge < -0.3 is 24.4 Å². The average molecular weight is 310 g/mol. The van der Waals surface area contributed by atoms with Gasteiger partial charge in [0.15, 0.2) is 6.10 Å². The third-order valence-corrected chi connectivity index (χ3v) is 6.85. The zero-order valence-corrected chi connectivity index (χ0v) is 12.5. The van der Waals surface area contributed by atoms with Crippen LogP contribution in [0.5, 0.6) is 0 Å². The number of carbonyl (C=O) groups excluding carboxylic acids is 2. The van der Waals surface area contributed by atoms with Gasteiger partial charge in [0.2, 0.25) is 5.60 Å². The highest BCUT2D eigenvalue weighted by atomic mass is 16.7. The first-order valence-electron chi connectivity index (χ1n) is 7.63. The Kier molecular flexibility index (Phi) is 1.85. The largest absolute Gasteiger partial charge is 0.458 e. The summed E-state index contributed by atoms with van der Waals surface area (Å²) in [6.07, 6.45) is -1.78. The van der Waals surface area contributed by atoms with Gasteiger partial charge >= 0.3 is 11.9 Å². The molecule has 3 saturated heterocycles. The highest BCUT2D eigenvalue weighted by Gasteiger charge is 2.95. The molecule has 5 fully saturated rings. The van der Waals surface area contributed by atoms with Gasteiger partial charge in [0.1, 0.15) is 12.2 Å². The molecule has 0 amide bonds. The fraction of sp³-hybridized carbons (Fsp3) is 0.867. The maximum Gasteiger partial charge on any atom is 0.342 e. The molecule has 7 heteroatoms. The van der Waals surface area contributed by atoms with E-state index in [0.29, 0.717) is 0 Å². The number of carbonyl (C=O) groups is 2. The fourth-order valence-electron chi connectivity index (χ4n) is 5.83. The van der Waals surface area contributed by atoms with Crippen LogP contribution in [0.4, 0.5) is 0 Å².